The molecule has 0 aliphatic heterocycles. The van der Waals surface area contributed by atoms with Gasteiger partial charge in [0, 0.05) is 6.42 Å². The quantitative estimate of drug-likeness (QED) is 0.0243. The SMILES string of the molecule is CCCCCCCCCC/C=C\CCCCCCCCCCCCCCCCCC(=O)NC(COP(=O)(O)OCC[N+](C)(C)C)C(O)/C=C/CCCCCCCCCCCC. The molecular weight excluding hydrogens is 780 g/mol. The molecule has 0 rings (SSSR count). The summed E-state index contributed by atoms with van der Waals surface area (Å²) in [5.41, 5.74) is 0. The number of carbonyl (C=O) groups excluding carboxylic acids is 1. The van der Waals surface area contributed by atoms with Gasteiger partial charge in [-0.3, -0.25) is 13.8 Å². The molecule has 0 aromatic heterocycles. The molecule has 3 unspecified atom stereocenters. The number of amides is 1. The Balaban J connectivity index is 4.11. The fraction of sp³-hybridized carbons (Fsp3) is 0.904. The van der Waals surface area contributed by atoms with Gasteiger partial charge in [-0.05, 0) is 44.9 Å². The molecule has 0 spiro atoms. The van der Waals surface area contributed by atoms with E-state index in [1.165, 1.54) is 193 Å². The number of unbranched alkanes of at least 4 members (excludes halogenated alkanes) is 33. The second-order valence-electron chi connectivity index (χ2n) is 19.3. The number of likely N-dealkylation sites (N-methyl/N-ethyl adjacent to an activating group) is 1. The number of nitrogens with one attached hydrogen (secondary N) is 1. The first kappa shape index (κ1) is 60.0. The molecule has 61 heavy (non-hydrogen) atoms. The third-order valence-corrected chi connectivity index (χ3v) is 12.9. The van der Waals surface area contributed by atoms with E-state index in [0.29, 0.717) is 17.4 Å². The van der Waals surface area contributed by atoms with E-state index in [1.807, 2.05) is 27.2 Å². The molecule has 1 amide bonds. The van der Waals surface area contributed by atoms with Gasteiger partial charge in [-0.15, -0.1) is 0 Å². The van der Waals surface area contributed by atoms with E-state index < -0.39 is 20.0 Å². The molecule has 0 fully saturated rings. The Morgan fingerprint density at radius 1 is 0.541 bits per heavy atom. The molecule has 8 nitrogen and oxygen atoms in total. The Hall–Kier alpha value is -1.02. The lowest BCUT2D eigenvalue weighted by molar-refractivity contribution is -0.870. The molecule has 0 saturated heterocycles. The molecule has 0 aromatic carbocycles. The second-order valence-corrected chi connectivity index (χ2v) is 20.7. The number of phosphoric acid groups is 1. The summed E-state index contributed by atoms with van der Waals surface area (Å²) in [5, 5.41) is 13.8. The summed E-state index contributed by atoms with van der Waals surface area (Å²) in [6.45, 7) is 4.82. The molecular formula is C52H104N2O6P+. The van der Waals surface area contributed by atoms with Crippen LogP contribution in [0.1, 0.15) is 251 Å². The predicted octanol–water partition coefficient (Wildman–Crippen LogP) is 15.3. The van der Waals surface area contributed by atoms with Crippen LogP contribution in [0.25, 0.3) is 0 Å². The van der Waals surface area contributed by atoms with Crippen molar-refractivity contribution in [2.24, 2.45) is 0 Å². The molecule has 0 aliphatic rings. The molecule has 0 aliphatic carbocycles. The van der Waals surface area contributed by atoms with Gasteiger partial charge in [-0.2, -0.15) is 0 Å². The van der Waals surface area contributed by atoms with Crippen LogP contribution in [0.15, 0.2) is 24.3 Å². The monoisotopic (exact) mass is 884 g/mol. The Morgan fingerprint density at radius 3 is 1.26 bits per heavy atom. The fourth-order valence-electron chi connectivity index (χ4n) is 7.74. The highest BCUT2D eigenvalue weighted by atomic mass is 31.2. The van der Waals surface area contributed by atoms with Crippen molar-refractivity contribution in [3.05, 3.63) is 24.3 Å². The smallest absolute Gasteiger partial charge is 0.387 e. The number of rotatable bonds is 48. The van der Waals surface area contributed by atoms with Crippen LogP contribution in [0.2, 0.25) is 0 Å². The highest BCUT2D eigenvalue weighted by molar-refractivity contribution is 7.47. The van der Waals surface area contributed by atoms with E-state index in [4.69, 9.17) is 9.05 Å². The standard InChI is InChI=1S/C52H103N2O6P/c1-6-8-10-12-14-16-18-20-21-22-23-24-25-26-27-28-29-30-31-32-33-34-36-38-40-42-44-46-52(56)53-50(49-60-61(57,58)59-48-47-54(3,4)5)51(55)45-43-41-39-37-35-19-17-15-13-11-9-7-2/h22-23,43,45,50-51,55H,6-21,24-42,44,46-49H2,1-5H3,(H-,53,56,57,58)/p+1/b23-22-,45-43+. The zero-order chi connectivity index (χ0) is 45.0. The number of aliphatic hydroxyl groups is 1. The van der Waals surface area contributed by atoms with Crippen LogP contribution in [-0.4, -0.2) is 73.4 Å². The van der Waals surface area contributed by atoms with Crippen molar-refractivity contribution in [3.8, 4) is 0 Å². The number of phosphoric ester groups is 1. The first-order chi connectivity index (χ1) is 29.5. The zero-order valence-electron chi connectivity index (χ0n) is 41.2. The largest absolute Gasteiger partial charge is 0.472 e. The van der Waals surface area contributed by atoms with Crippen LogP contribution in [0.3, 0.4) is 0 Å². The summed E-state index contributed by atoms with van der Waals surface area (Å²) < 4.78 is 23.6. The van der Waals surface area contributed by atoms with E-state index in [-0.39, 0.29) is 19.1 Å². The van der Waals surface area contributed by atoms with E-state index >= 15 is 0 Å². The number of hydrogen-bond donors (Lipinski definition) is 3. The average Bonchev–Trinajstić information content (AvgIpc) is 3.21. The molecule has 9 heteroatoms. The minimum atomic E-state index is -4.34. The van der Waals surface area contributed by atoms with Crippen LogP contribution in [0.5, 0.6) is 0 Å². The number of aliphatic hydroxyl groups excluding tert-OH is 1. The highest BCUT2D eigenvalue weighted by Gasteiger charge is 2.27. The van der Waals surface area contributed by atoms with Crippen molar-refractivity contribution in [1.82, 2.24) is 5.32 Å². The van der Waals surface area contributed by atoms with Crippen molar-refractivity contribution >= 4 is 13.7 Å². The number of carbonyl (C=O) groups is 1. The highest BCUT2D eigenvalue weighted by Crippen LogP contribution is 2.43. The Labute approximate surface area is 379 Å². The summed E-state index contributed by atoms with van der Waals surface area (Å²) in [4.78, 5) is 23.2. The number of quaternary nitrogens is 1. The van der Waals surface area contributed by atoms with E-state index in [9.17, 15) is 19.4 Å². The third kappa shape index (κ3) is 46.8. The summed E-state index contributed by atoms with van der Waals surface area (Å²) in [6, 6.07) is -0.842. The normalized spacial score (nSPS) is 14.3. The van der Waals surface area contributed by atoms with Gasteiger partial charge < -0.3 is 19.8 Å². The van der Waals surface area contributed by atoms with Crippen molar-refractivity contribution in [1.29, 1.82) is 0 Å². The van der Waals surface area contributed by atoms with Gasteiger partial charge in [0.2, 0.25) is 5.91 Å². The molecule has 362 valence electrons. The van der Waals surface area contributed by atoms with Crippen LogP contribution in [0, 0.1) is 0 Å². The lowest BCUT2D eigenvalue weighted by Crippen LogP contribution is -2.45. The Bertz CT molecular complexity index is 1050. The maximum atomic E-state index is 12.9. The number of nitrogens with zero attached hydrogens (tertiary/aromatic N) is 1. The van der Waals surface area contributed by atoms with Crippen LogP contribution >= 0.6 is 7.82 Å². The molecule has 3 N–H and O–H groups in total. The van der Waals surface area contributed by atoms with Crippen LogP contribution < -0.4 is 5.32 Å². The fourth-order valence-corrected chi connectivity index (χ4v) is 8.48. The third-order valence-electron chi connectivity index (χ3n) is 11.9. The molecule has 0 saturated carbocycles. The number of hydrogen-bond acceptors (Lipinski definition) is 5. The maximum Gasteiger partial charge on any atom is 0.472 e. The minimum absolute atomic E-state index is 0.0633. The van der Waals surface area contributed by atoms with Gasteiger partial charge in [0.15, 0.2) is 0 Å². The van der Waals surface area contributed by atoms with E-state index in [0.717, 1.165) is 38.5 Å². The van der Waals surface area contributed by atoms with Gasteiger partial charge in [0.25, 0.3) is 0 Å². The first-order valence-electron chi connectivity index (χ1n) is 26.2. The Kier molecular flexibility index (Phi) is 43.5. The topological polar surface area (TPSA) is 105 Å². The molecule has 0 aromatic rings. The molecule has 0 bridgehead atoms. The summed E-state index contributed by atoms with van der Waals surface area (Å²) in [7, 11) is 1.58. The van der Waals surface area contributed by atoms with Crippen molar-refractivity contribution in [3.63, 3.8) is 0 Å². The summed E-state index contributed by atoms with van der Waals surface area (Å²) in [5.74, 6) is -0.175. The zero-order valence-corrected chi connectivity index (χ0v) is 42.1. The van der Waals surface area contributed by atoms with Gasteiger partial charge in [-0.1, -0.05) is 224 Å². The Morgan fingerprint density at radius 2 is 0.885 bits per heavy atom. The van der Waals surface area contributed by atoms with Gasteiger partial charge in [-0.25, -0.2) is 4.57 Å². The van der Waals surface area contributed by atoms with Crippen LogP contribution in [-0.2, 0) is 18.4 Å². The summed E-state index contributed by atoms with van der Waals surface area (Å²) >= 11 is 0. The predicted molar refractivity (Wildman–Crippen MR) is 263 cm³/mol. The molecule has 0 heterocycles. The maximum absolute atomic E-state index is 12.9. The van der Waals surface area contributed by atoms with E-state index in [2.05, 4.69) is 31.3 Å². The minimum Gasteiger partial charge on any atom is -0.387 e. The summed E-state index contributed by atoms with van der Waals surface area (Å²) in [6.07, 6.45) is 54.1. The first-order valence-corrected chi connectivity index (χ1v) is 27.7. The van der Waals surface area contributed by atoms with Gasteiger partial charge >= 0.3 is 7.82 Å². The molecule has 3 atom stereocenters. The van der Waals surface area contributed by atoms with Crippen molar-refractivity contribution in [2.45, 2.75) is 264 Å². The lowest BCUT2D eigenvalue weighted by Gasteiger charge is -2.25. The van der Waals surface area contributed by atoms with Crippen molar-refractivity contribution < 1.29 is 32.9 Å². The van der Waals surface area contributed by atoms with Crippen molar-refractivity contribution in [2.75, 3.05) is 40.9 Å². The van der Waals surface area contributed by atoms with Crippen LogP contribution in [0.4, 0.5) is 0 Å². The molecule has 0 radical (unpaired) electrons. The van der Waals surface area contributed by atoms with Gasteiger partial charge in [0.1, 0.15) is 13.2 Å². The second kappa shape index (κ2) is 44.2. The average molecular weight is 884 g/mol. The number of allylic oxidation sites excluding steroid dienone is 3. The van der Waals surface area contributed by atoms with E-state index in [1.54, 1.807) is 6.08 Å². The lowest BCUT2D eigenvalue weighted by atomic mass is 10.0. The van der Waals surface area contributed by atoms with Gasteiger partial charge in [0.05, 0.1) is 39.9 Å².